The van der Waals surface area contributed by atoms with E-state index in [1.807, 2.05) is 6.92 Å². The van der Waals surface area contributed by atoms with Crippen LogP contribution in [0.1, 0.15) is 31.4 Å². The van der Waals surface area contributed by atoms with Crippen molar-refractivity contribution in [1.82, 2.24) is 15.1 Å². The van der Waals surface area contributed by atoms with E-state index in [1.54, 1.807) is 24.1 Å². The van der Waals surface area contributed by atoms with Crippen LogP contribution in [0.5, 0.6) is 0 Å². The topological polar surface area (TPSA) is 72.9 Å². The number of rotatable bonds is 3. The van der Waals surface area contributed by atoms with E-state index in [4.69, 9.17) is 5.73 Å². The molecule has 1 aromatic heterocycles. The van der Waals surface area contributed by atoms with Crippen LogP contribution < -0.4 is 11.1 Å². The zero-order chi connectivity index (χ0) is 11.1. The molecular formula is C10H16N4O. The summed E-state index contributed by atoms with van der Waals surface area (Å²) in [4.78, 5) is 11.7. The van der Waals surface area contributed by atoms with Crippen molar-refractivity contribution in [2.45, 2.75) is 31.3 Å². The van der Waals surface area contributed by atoms with Gasteiger partial charge >= 0.3 is 0 Å². The third-order valence-corrected chi connectivity index (χ3v) is 2.79. The molecule has 1 fully saturated rings. The molecule has 0 bridgehead atoms. The normalized spacial score (nSPS) is 19.7. The van der Waals surface area contributed by atoms with Gasteiger partial charge < -0.3 is 11.1 Å². The Labute approximate surface area is 88.6 Å². The molecule has 1 amide bonds. The van der Waals surface area contributed by atoms with Crippen molar-refractivity contribution in [3.05, 3.63) is 18.0 Å². The van der Waals surface area contributed by atoms with E-state index in [0.717, 1.165) is 18.4 Å². The van der Waals surface area contributed by atoms with E-state index in [2.05, 4.69) is 10.4 Å². The Morgan fingerprint density at radius 2 is 2.40 bits per heavy atom. The Balaban J connectivity index is 2.01. The summed E-state index contributed by atoms with van der Waals surface area (Å²) in [7, 11) is 1.80. The molecule has 0 aromatic carbocycles. The highest BCUT2D eigenvalue weighted by Gasteiger charge is 2.39. The number of nitrogens with zero attached hydrogens (tertiary/aromatic N) is 2. The van der Waals surface area contributed by atoms with Crippen LogP contribution in [0.25, 0.3) is 0 Å². The number of nitrogens with one attached hydrogen (secondary N) is 1. The lowest BCUT2D eigenvalue weighted by molar-refractivity contribution is -0.123. The number of nitrogens with two attached hydrogens (primary N) is 1. The van der Waals surface area contributed by atoms with Gasteiger partial charge in [-0.15, -0.1) is 0 Å². The lowest BCUT2D eigenvalue weighted by Gasteiger charge is -2.15. The van der Waals surface area contributed by atoms with Crippen molar-refractivity contribution in [2.24, 2.45) is 12.8 Å². The second-order valence-electron chi connectivity index (χ2n) is 4.47. The number of hydrogen-bond donors (Lipinski definition) is 2. The van der Waals surface area contributed by atoms with Crippen LogP contribution in [0.3, 0.4) is 0 Å². The van der Waals surface area contributed by atoms with Crippen LogP contribution >= 0.6 is 0 Å². The summed E-state index contributed by atoms with van der Waals surface area (Å²) in [6.07, 6.45) is 5.47. The van der Waals surface area contributed by atoms with Crippen molar-refractivity contribution in [1.29, 1.82) is 0 Å². The standard InChI is InChI=1S/C10H16N4O/c1-10(3-4-10)13-9(15)8(11)7-5-12-14(2)6-7/h5-6,8H,3-4,11H2,1-2H3,(H,13,15). The summed E-state index contributed by atoms with van der Waals surface area (Å²) < 4.78 is 1.64. The summed E-state index contributed by atoms with van der Waals surface area (Å²) >= 11 is 0. The van der Waals surface area contributed by atoms with E-state index in [1.165, 1.54) is 0 Å². The largest absolute Gasteiger partial charge is 0.349 e. The molecule has 15 heavy (non-hydrogen) atoms. The van der Waals surface area contributed by atoms with Crippen molar-refractivity contribution >= 4 is 5.91 Å². The number of aryl methyl sites for hydroxylation is 1. The molecule has 0 radical (unpaired) electrons. The number of aromatic nitrogens is 2. The van der Waals surface area contributed by atoms with Gasteiger partial charge in [0.1, 0.15) is 6.04 Å². The van der Waals surface area contributed by atoms with Crippen LogP contribution in [-0.2, 0) is 11.8 Å². The Morgan fingerprint density at radius 3 is 2.87 bits per heavy atom. The number of carbonyl (C=O) groups is 1. The maximum atomic E-state index is 11.7. The highest BCUT2D eigenvalue weighted by Crippen LogP contribution is 2.34. The van der Waals surface area contributed by atoms with Crippen molar-refractivity contribution in [3.8, 4) is 0 Å². The molecule has 1 aliphatic carbocycles. The third-order valence-electron chi connectivity index (χ3n) is 2.79. The van der Waals surface area contributed by atoms with Crippen LogP contribution in [0.2, 0.25) is 0 Å². The molecule has 3 N–H and O–H groups in total. The molecule has 1 saturated carbocycles. The number of hydrogen-bond acceptors (Lipinski definition) is 3. The van der Waals surface area contributed by atoms with Crippen molar-refractivity contribution in [2.75, 3.05) is 0 Å². The summed E-state index contributed by atoms with van der Waals surface area (Å²) in [5, 5.41) is 6.93. The van der Waals surface area contributed by atoms with Crippen molar-refractivity contribution in [3.63, 3.8) is 0 Å². The van der Waals surface area contributed by atoms with Gasteiger partial charge in [-0.1, -0.05) is 0 Å². The van der Waals surface area contributed by atoms with Crippen LogP contribution in [0.15, 0.2) is 12.4 Å². The Bertz CT molecular complexity index is 381. The van der Waals surface area contributed by atoms with Crippen molar-refractivity contribution < 1.29 is 4.79 Å². The molecule has 5 nitrogen and oxygen atoms in total. The summed E-state index contributed by atoms with van der Waals surface area (Å²) in [5.41, 5.74) is 6.55. The first kappa shape index (κ1) is 10.2. The fraction of sp³-hybridized carbons (Fsp3) is 0.600. The fourth-order valence-electron chi connectivity index (χ4n) is 1.44. The van der Waals surface area contributed by atoms with Crippen LogP contribution in [0, 0.1) is 0 Å². The van der Waals surface area contributed by atoms with E-state index in [0.29, 0.717) is 0 Å². The zero-order valence-electron chi connectivity index (χ0n) is 9.03. The lowest BCUT2D eigenvalue weighted by Crippen LogP contribution is -2.40. The van der Waals surface area contributed by atoms with Crippen LogP contribution in [-0.4, -0.2) is 21.2 Å². The van der Waals surface area contributed by atoms with Gasteiger partial charge in [-0.3, -0.25) is 9.48 Å². The summed E-state index contributed by atoms with van der Waals surface area (Å²) in [5.74, 6) is -0.122. The van der Waals surface area contributed by atoms with Gasteiger partial charge in [-0.25, -0.2) is 0 Å². The van der Waals surface area contributed by atoms with Gasteiger partial charge in [-0.05, 0) is 19.8 Å². The zero-order valence-corrected chi connectivity index (χ0v) is 9.03. The maximum Gasteiger partial charge on any atom is 0.242 e. The minimum absolute atomic E-state index is 0.0170. The third kappa shape index (κ3) is 2.18. The quantitative estimate of drug-likeness (QED) is 0.739. The number of amides is 1. The molecule has 82 valence electrons. The molecular weight excluding hydrogens is 192 g/mol. The van der Waals surface area contributed by atoms with Gasteiger partial charge in [0.15, 0.2) is 0 Å². The second-order valence-corrected chi connectivity index (χ2v) is 4.47. The monoisotopic (exact) mass is 208 g/mol. The average molecular weight is 208 g/mol. The van der Waals surface area contributed by atoms with Crippen LogP contribution in [0.4, 0.5) is 0 Å². The SMILES string of the molecule is Cn1cc(C(N)C(=O)NC2(C)CC2)cn1. The summed E-state index contributed by atoms with van der Waals surface area (Å²) in [6.45, 7) is 2.03. The molecule has 0 saturated heterocycles. The highest BCUT2D eigenvalue weighted by molar-refractivity contribution is 5.83. The fourth-order valence-corrected chi connectivity index (χ4v) is 1.44. The molecule has 5 heteroatoms. The predicted molar refractivity (Wildman–Crippen MR) is 55.9 cm³/mol. The first-order valence-corrected chi connectivity index (χ1v) is 5.06. The molecule has 2 rings (SSSR count). The first-order chi connectivity index (χ1) is 7.00. The van der Waals surface area contributed by atoms with E-state index < -0.39 is 6.04 Å². The Hall–Kier alpha value is -1.36. The molecule has 1 atom stereocenters. The lowest BCUT2D eigenvalue weighted by atomic mass is 10.1. The molecule has 1 aliphatic rings. The Kier molecular flexibility index (Phi) is 2.26. The predicted octanol–water partition coefficient (Wildman–Crippen LogP) is 0.0886. The maximum absolute atomic E-state index is 11.7. The smallest absolute Gasteiger partial charge is 0.242 e. The first-order valence-electron chi connectivity index (χ1n) is 5.06. The highest BCUT2D eigenvalue weighted by atomic mass is 16.2. The van der Waals surface area contributed by atoms with Gasteiger partial charge in [0, 0.05) is 24.3 Å². The van der Waals surface area contributed by atoms with E-state index >= 15 is 0 Å². The molecule has 0 aliphatic heterocycles. The summed E-state index contributed by atoms with van der Waals surface area (Å²) in [6, 6.07) is -0.615. The van der Waals surface area contributed by atoms with Gasteiger partial charge in [0.05, 0.1) is 6.20 Å². The van der Waals surface area contributed by atoms with Gasteiger partial charge in [-0.2, -0.15) is 5.10 Å². The Morgan fingerprint density at radius 1 is 1.73 bits per heavy atom. The van der Waals surface area contributed by atoms with E-state index in [9.17, 15) is 4.79 Å². The molecule has 1 unspecified atom stereocenters. The minimum atomic E-state index is -0.615. The minimum Gasteiger partial charge on any atom is -0.349 e. The molecule has 0 spiro atoms. The number of carbonyl (C=O) groups excluding carboxylic acids is 1. The van der Waals surface area contributed by atoms with Gasteiger partial charge in [0.25, 0.3) is 0 Å². The van der Waals surface area contributed by atoms with E-state index in [-0.39, 0.29) is 11.4 Å². The van der Waals surface area contributed by atoms with Gasteiger partial charge in [0.2, 0.25) is 5.91 Å². The molecule has 1 heterocycles. The second kappa shape index (κ2) is 3.34. The molecule has 1 aromatic rings. The average Bonchev–Trinajstić information content (AvgIpc) is 2.74.